The number of hydrogen-bond donors (Lipinski definition) is 2. The summed E-state index contributed by atoms with van der Waals surface area (Å²) < 4.78 is 37.7. The van der Waals surface area contributed by atoms with E-state index in [1.54, 1.807) is 6.07 Å². The average Bonchev–Trinajstić information content (AvgIpc) is 2.23. The van der Waals surface area contributed by atoms with Crippen LogP contribution in [0.3, 0.4) is 0 Å². The smallest absolute Gasteiger partial charge is 0.271 e. The lowest BCUT2D eigenvalue weighted by molar-refractivity contribution is -0.137. The molecule has 0 aliphatic carbocycles. The Morgan fingerprint density at radius 1 is 1.22 bits per heavy atom. The van der Waals surface area contributed by atoms with Crippen LogP contribution < -0.4 is 11.3 Å². The average molecular weight is 260 g/mol. The molecule has 1 aromatic carbocycles. The zero-order chi connectivity index (χ0) is 14.0. The summed E-state index contributed by atoms with van der Waals surface area (Å²) in [6, 6.07) is 5.28. The number of hydrogen-bond acceptors (Lipinski definition) is 2. The van der Waals surface area contributed by atoms with Crippen LogP contribution in [0.25, 0.3) is 0 Å². The van der Waals surface area contributed by atoms with Gasteiger partial charge in [-0.25, -0.2) is 0 Å². The highest BCUT2D eigenvalue weighted by atomic mass is 19.4. The molecule has 3 N–H and O–H groups in total. The van der Waals surface area contributed by atoms with Gasteiger partial charge in [-0.2, -0.15) is 13.2 Å². The SMILES string of the molecule is CC(C)(C)C(Cc1cccc(C(F)(F)F)c1)NN. The fourth-order valence-corrected chi connectivity index (χ4v) is 1.73. The molecule has 1 aromatic rings. The summed E-state index contributed by atoms with van der Waals surface area (Å²) in [6.07, 6.45) is -3.84. The summed E-state index contributed by atoms with van der Waals surface area (Å²) >= 11 is 0. The molecule has 5 heteroatoms. The molecule has 0 saturated carbocycles. The summed E-state index contributed by atoms with van der Waals surface area (Å²) in [6.45, 7) is 5.97. The molecule has 1 rings (SSSR count). The fourth-order valence-electron chi connectivity index (χ4n) is 1.73. The summed E-state index contributed by atoms with van der Waals surface area (Å²) in [5.41, 5.74) is 2.55. The van der Waals surface area contributed by atoms with Gasteiger partial charge < -0.3 is 0 Å². The molecule has 2 nitrogen and oxygen atoms in total. The van der Waals surface area contributed by atoms with E-state index in [0.717, 1.165) is 6.07 Å². The molecular weight excluding hydrogens is 241 g/mol. The van der Waals surface area contributed by atoms with Crippen molar-refractivity contribution in [3.63, 3.8) is 0 Å². The van der Waals surface area contributed by atoms with E-state index in [2.05, 4.69) is 5.43 Å². The second-order valence-electron chi connectivity index (χ2n) is 5.49. The molecule has 0 aliphatic rings. The predicted octanol–water partition coefficient (Wildman–Crippen LogP) is 3.13. The molecule has 0 fully saturated rings. The van der Waals surface area contributed by atoms with Crippen LogP contribution in [0.2, 0.25) is 0 Å². The molecule has 0 saturated heterocycles. The van der Waals surface area contributed by atoms with E-state index in [4.69, 9.17) is 5.84 Å². The zero-order valence-electron chi connectivity index (χ0n) is 10.8. The maximum atomic E-state index is 12.6. The second-order valence-corrected chi connectivity index (χ2v) is 5.49. The zero-order valence-corrected chi connectivity index (χ0v) is 10.8. The Balaban J connectivity index is 2.92. The van der Waals surface area contributed by atoms with Crippen molar-refractivity contribution in [2.75, 3.05) is 0 Å². The van der Waals surface area contributed by atoms with Gasteiger partial charge >= 0.3 is 6.18 Å². The maximum Gasteiger partial charge on any atom is 0.416 e. The van der Waals surface area contributed by atoms with Crippen LogP contribution in [0.4, 0.5) is 13.2 Å². The third-order valence-electron chi connectivity index (χ3n) is 2.94. The molecule has 102 valence electrons. The lowest BCUT2D eigenvalue weighted by Crippen LogP contribution is -2.45. The Kier molecular flexibility index (Phi) is 4.40. The topological polar surface area (TPSA) is 38.0 Å². The molecule has 1 unspecified atom stereocenters. The Labute approximate surface area is 105 Å². The van der Waals surface area contributed by atoms with E-state index in [9.17, 15) is 13.2 Å². The summed E-state index contributed by atoms with van der Waals surface area (Å²) in [5.74, 6) is 5.46. The van der Waals surface area contributed by atoms with Crippen molar-refractivity contribution in [3.05, 3.63) is 35.4 Å². The van der Waals surface area contributed by atoms with Gasteiger partial charge in [0.1, 0.15) is 0 Å². The van der Waals surface area contributed by atoms with Gasteiger partial charge in [0.25, 0.3) is 0 Å². The van der Waals surface area contributed by atoms with Crippen LogP contribution in [0.15, 0.2) is 24.3 Å². The Morgan fingerprint density at radius 3 is 2.28 bits per heavy atom. The van der Waals surface area contributed by atoms with Crippen molar-refractivity contribution in [1.29, 1.82) is 0 Å². The van der Waals surface area contributed by atoms with Crippen LogP contribution in [-0.2, 0) is 12.6 Å². The molecule has 0 bridgehead atoms. The number of halogens is 3. The van der Waals surface area contributed by atoms with Crippen LogP contribution in [0.5, 0.6) is 0 Å². The monoisotopic (exact) mass is 260 g/mol. The van der Waals surface area contributed by atoms with Crippen molar-refractivity contribution < 1.29 is 13.2 Å². The lowest BCUT2D eigenvalue weighted by Gasteiger charge is -2.30. The van der Waals surface area contributed by atoms with E-state index < -0.39 is 11.7 Å². The highest BCUT2D eigenvalue weighted by Crippen LogP contribution is 2.30. The maximum absolute atomic E-state index is 12.6. The van der Waals surface area contributed by atoms with Crippen molar-refractivity contribution in [2.24, 2.45) is 11.3 Å². The number of nitrogens with one attached hydrogen (secondary N) is 1. The molecule has 0 amide bonds. The number of nitrogens with two attached hydrogens (primary N) is 1. The van der Waals surface area contributed by atoms with Crippen molar-refractivity contribution in [3.8, 4) is 0 Å². The number of hydrazine groups is 1. The van der Waals surface area contributed by atoms with Gasteiger partial charge in [0.15, 0.2) is 0 Å². The van der Waals surface area contributed by atoms with Gasteiger partial charge in [-0.1, -0.05) is 39.0 Å². The highest BCUT2D eigenvalue weighted by molar-refractivity contribution is 5.26. The Hall–Kier alpha value is -1.07. The van der Waals surface area contributed by atoms with E-state index in [0.29, 0.717) is 12.0 Å². The van der Waals surface area contributed by atoms with Gasteiger partial charge in [-0.3, -0.25) is 11.3 Å². The summed E-state index contributed by atoms with van der Waals surface area (Å²) in [4.78, 5) is 0. The van der Waals surface area contributed by atoms with Crippen LogP contribution in [0, 0.1) is 5.41 Å². The van der Waals surface area contributed by atoms with Gasteiger partial charge in [-0.15, -0.1) is 0 Å². The Bertz CT molecular complexity index is 394. The van der Waals surface area contributed by atoms with Gasteiger partial charge in [0.05, 0.1) is 5.56 Å². The largest absolute Gasteiger partial charge is 0.416 e. The normalized spacial score (nSPS) is 14.6. The van der Waals surface area contributed by atoms with Crippen LogP contribution >= 0.6 is 0 Å². The van der Waals surface area contributed by atoms with Crippen LogP contribution in [0.1, 0.15) is 31.9 Å². The standard InChI is InChI=1S/C13H19F3N2/c1-12(2,3)11(18-17)8-9-5-4-6-10(7-9)13(14,15)16/h4-7,11,18H,8,17H2,1-3H3. The van der Waals surface area contributed by atoms with Crippen LogP contribution in [-0.4, -0.2) is 6.04 Å². The fraction of sp³-hybridized carbons (Fsp3) is 0.538. The van der Waals surface area contributed by atoms with E-state index in [1.165, 1.54) is 12.1 Å². The summed E-state index contributed by atoms with van der Waals surface area (Å²) in [5, 5.41) is 0. The first-order valence-electron chi connectivity index (χ1n) is 5.77. The first-order chi connectivity index (χ1) is 8.14. The quantitative estimate of drug-likeness (QED) is 0.647. The lowest BCUT2D eigenvalue weighted by atomic mass is 9.83. The molecule has 0 radical (unpaired) electrons. The van der Waals surface area contributed by atoms with Crippen molar-refractivity contribution >= 4 is 0 Å². The minimum absolute atomic E-state index is 0.0824. The van der Waals surface area contributed by atoms with Crippen molar-refractivity contribution in [1.82, 2.24) is 5.43 Å². The van der Waals surface area contributed by atoms with E-state index >= 15 is 0 Å². The summed E-state index contributed by atoms with van der Waals surface area (Å²) in [7, 11) is 0. The second kappa shape index (κ2) is 5.28. The van der Waals surface area contributed by atoms with E-state index in [-0.39, 0.29) is 11.5 Å². The van der Waals surface area contributed by atoms with Gasteiger partial charge in [0.2, 0.25) is 0 Å². The molecule has 1 atom stereocenters. The minimum Gasteiger partial charge on any atom is -0.271 e. The van der Waals surface area contributed by atoms with E-state index in [1.807, 2.05) is 20.8 Å². The highest BCUT2D eigenvalue weighted by Gasteiger charge is 2.31. The predicted molar refractivity (Wildman–Crippen MR) is 65.7 cm³/mol. The third-order valence-corrected chi connectivity index (χ3v) is 2.94. The molecular formula is C13H19F3N2. The molecule has 0 aliphatic heterocycles. The first kappa shape index (κ1) is 15.0. The Morgan fingerprint density at radius 2 is 1.83 bits per heavy atom. The minimum atomic E-state index is -4.30. The number of rotatable bonds is 3. The number of benzene rings is 1. The first-order valence-corrected chi connectivity index (χ1v) is 5.77. The molecule has 0 heterocycles. The molecule has 0 aromatic heterocycles. The van der Waals surface area contributed by atoms with Gasteiger partial charge in [0, 0.05) is 6.04 Å². The number of alkyl halides is 3. The molecule has 0 spiro atoms. The van der Waals surface area contributed by atoms with Gasteiger partial charge in [-0.05, 0) is 23.5 Å². The van der Waals surface area contributed by atoms with Crippen molar-refractivity contribution in [2.45, 2.75) is 39.4 Å². The third kappa shape index (κ3) is 3.99. The molecule has 18 heavy (non-hydrogen) atoms.